The number of hydrogen-bond donors (Lipinski definition) is 1. The number of anilines is 1. The smallest absolute Gasteiger partial charge is 0.244 e. The first-order valence-electron chi connectivity index (χ1n) is 9.24. The van der Waals surface area contributed by atoms with Crippen LogP contribution in [0.1, 0.15) is 25.3 Å². The highest BCUT2D eigenvalue weighted by Crippen LogP contribution is 2.26. The topological polar surface area (TPSA) is 84.4 Å². The van der Waals surface area contributed by atoms with Gasteiger partial charge in [-0.1, -0.05) is 6.07 Å². The van der Waals surface area contributed by atoms with Crippen molar-refractivity contribution in [3.63, 3.8) is 0 Å². The number of ether oxygens (including phenoxy) is 1. The minimum Gasteiger partial charge on any atom is -0.492 e. The molecule has 0 atom stereocenters. The molecular weight excluding hydrogens is 364 g/mol. The van der Waals surface area contributed by atoms with Crippen LogP contribution in [0.3, 0.4) is 0 Å². The number of aryl methyl sites for hydroxylation is 1. The van der Waals surface area contributed by atoms with Crippen molar-refractivity contribution in [1.82, 2.24) is 14.7 Å². The average molecular weight is 391 g/mol. The fourth-order valence-corrected chi connectivity index (χ4v) is 4.54. The number of rotatable bonds is 7. The maximum Gasteiger partial charge on any atom is 0.244 e. The van der Waals surface area contributed by atoms with Crippen molar-refractivity contribution in [2.24, 2.45) is 5.92 Å². The summed E-state index contributed by atoms with van der Waals surface area (Å²) in [5, 5.41) is 0. The number of sulfonamides is 1. The number of aromatic nitrogens is 2. The Labute approximate surface area is 160 Å². The maximum absolute atomic E-state index is 12.8. The van der Waals surface area contributed by atoms with E-state index in [1.807, 2.05) is 19.9 Å². The molecule has 0 unspecified atom stereocenters. The van der Waals surface area contributed by atoms with Crippen LogP contribution in [0.2, 0.25) is 0 Å². The van der Waals surface area contributed by atoms with Crippen LogP contribution in [0.5, 0.6) is 5.75 Å². The van der Waals surface area contributed by atoms with Gasteiger partial charge in [0.1, 0.15) is 10.6 Å². The van der Waals surface area contributed by atoms with Crippen LogP contribution in [0.15, 0.2) is 41.6 Å². The fourth-order valence-electron chi connectivity index (χ4n) is 3.20. The quantitative estimate of drug-likeness (QED) is 0.781. The van der Waals surface area contributed by atoms with Gasteiger partial charge in [0.25, 0.3) is 0 Å². The first-order valence-corrected chi connectivity index (χ1v) is 10.7. The van der Waals surface area contributed by atoms with Gasteiger partial charge in [0, 0.05) is 32.0 Å². The first-order chi connectivity index (χ1) is 13.0. The molecule has 146 valence electrons. The molecule has 0 amide bonds. The molecule has 1 aromatic heterocycles. The molecule has 0 spiro atoms. The molecular formula is C19H26N4O3S. The van der Waals surface area contributed by atoms with Crippen molar-refractivity contribution in [1.29, 1.82) is 0 Å². The zero-order chi connectivity index (χ0) is 19.3. The second kappa shape index (κ2) is 8.67. The number of hydrogen-bond acceptors (Lipinski definition) is 6. The van der Waals surface area contributed by atoms with Gasteiger partial charge in [0.2, 0.25) is 16.0 Å². The lowest BCUT2D eigenvalue weighted by molar-refractivity contribution is 0.330. The van der Waals surface area contributed by atoms with Crippen LogP contribution in [0.4, 0.5) is 5.95 Å². The number of benzene rings is 1. The molecule has 0 aliphatic carbocycles. The predicted octanol–water partition coefficient (Wildman–Crippen LogP) is 2.38. The van der Waals surface area contributed by atoms with Gasteiger partial charge in [0.15, 0.2) is 0 Å². The molecule has 1 aliphatic rings. The van der Waals surface area contributed by atoms with E-state index in [-0.39, 0.29) is 4.90 Å². The summed E-state index contributed by atoms with van der Waals surface area (Å²) in [5.74, 6) is 1.42. The highest BCUT2D eigenvalue weighted by atomic mass is 32.2. The van der Waals surface area contributed by atoms with Crippen molar-refractivity contribution in [2.45, 2.75) is 31.6 Å². The van der Waals surface area contributed by atoms with Crippen molar-refractivity contribution in [3.05, 3.63) is 42.2 Å². The van der Waals surface area contributed by atoms with Gasteiger partial charge in [-0.15, -0.1) is 0 Å². The third kappa shape index (κ3) is 4.95. The Morgan fingerprint density at radius 3 is 2.59 bits per heavy atom. The molecule has 2 aromatic rings. The summed E-state index contributed by atoms with van der Waals surface area (Å²) in [4.78, 5) is 10.9. The summed E-state index contributed by atoms with van der Waals surface area (Å²) in [5.41, 5.74) is 0.884. The first kappa shape index (κ1) is 19.6. The van der Waals surface area contributed by atoms with Crippen LogP contribution in [0.25, 0.3) is 0 Å². The Balaban J connectivity index is 1.60. The van der Waals surface area contributed by atoms with Crippen LogP contribution in [-0.2, 0) is 10.0 Å². The van der Waals surface area contributed by atoms with Crippen molar-refractivity contribution >= 4 is 16.0 Å². The molecule has 1 N–H and O–H groups in total. The van der Waals surface area contributed by atoms with E-state index < -0.39 is 10.0 Å². The molecule has 27 heavy (non-hydrogen) atoms. The second-order valence-corrected chi connectivity index (χ2v) is 8.45. The van der Waals surface area contributed by atoms with Crippen molar-refractivity contribution in [2.75, 3.05) is 31.1 Å². The molecule has 3 rings (SSSR count). The van der Waals surface area contributed by atoms with Gasteiger partial charge in [-0.2, -0.15) is 0 Å². The summed E-state index contributed by atoms with van der Waals surface area (Å²) in [6.45, 7) is 6.21. The zero-order valence-corrected chi connectivity index (χ0v) is 16.6. The highest BCUT2D eigenvalue weighted by Gasteiger charge is 2.24. The van der Waals surface area contributed by atoms with Gasteiger partial charge in [0.05, 0.1) is 6.61 Å². The van der Waals surface area contributed by atoms with Crippen LogP contribution in [0, 0.1) is 12.8 Å². The standard InChI is InChI=1S/C19H26N4O3S/c1-3-26-17-6-5-15(2)13-18(17)27(24,25)22-14-16-7-11-23(12-8-16)19-20-9-4-10-21-19/h4-6,9-10,13,16,22H,3,7-8,11-12,14H2,1-2H3. The minimum atomic E-state index is -3.61. The van der Waals surface area contributed by atoms with Crippen LogP contribution < -0.4 is 14.4 Å². The molecule has 1 fully saturated rings. The molecule has 7 nitrogen and oxygen atoms in total. The van der Waals surface area contributed by atoms with E-state index in [1.165, 1.54) is 0 Å². The van der Waals surface area contributed by atoms with E-state index in [0.717, 1.165) is 37.4 Å². The van der Waals surface area contributed by atoms with E-state index >= 15 is 0 Å². The van der Waals surface area contributed by atoms with E-state index in [1.54, 1.807) is 30.6 Å². The summed E-state index contributed by atoms with van der Waals surface area (Å²) in [6, 6.07) is 7.02. The van der Waals surface area contributed by atoms with Crippen molar-refractivity contribution < 1.29 is 13.2 Å². The third-order valence-corrected chi connectivity index (χ3v) is 6.14. The van der Waals surface area contributed by atoms with Gasteiger partial charge >= 0.3 is 0 Å². The lowest BCUT2D eigenvalue weighted by atomic mass is 9.97. The van der Waals surface area contributed by atoms with Gasteiger partial charge in [-0.05, 0) is 56.4 Å². The van der Waals surface area contributed by atoms with E-state index in [0.29, 0.717) is 24.8 Å². The second-order valence-electron chi connectivity index (χ2n) is 6.71. The summed E-state index contributed by atoms with van der Waals surface area (Å²) in [6.07, 6.45) is 5.26. The molecule has 1 aromatic carbocycles. The lowest BCUT2D eigenvalue weighted by Gasteiger charge is -2.31. The monoisotopic (exact) mass is 390 g/mol. The minimum absolute atomic E-state index is 0.208. The molecule has 0 saturated carbocycles. The molecule has 8 heteroatoms. The number of piperidine rings is 1. The molecule has 0 radical (unpaired) electrons. The van der Waals surface area contributed by atoms with Gasteiger partial charge in [-0.3, -0.25) is 0 Å². The Hall–Kier alpha value is -2.19. The van der Waals surface area contributed by atoms with Crippen molar-refractivity contribution in [3.8, 4) is 5.75 Å². The molecule has 2 heterocycles. The average Bonchev–Trinajstić information content (AvgIpc) is 2.69. The summed E-state index contributed by atoms with van der Waals surface area (Å²) >= 11 is 0. The van der Waals surface area contributed by atoms with Gasteiger partial charge < -0.3 is 9.64 Å². The largest absolute Gasteiger partial charge is 0.492 e. The fraction of sp³-hybridized carbons (Fsp3) is 0.474. The normalized spacial score (nSPS) is 15.7. The van der Waals surface area contributed by atoms with Crippen LogP contribution in [-0.4, -0.2) is 44.6 Å². The Morgan fingerprint density at radius 2 is 1.93 bits per heavy atom. The Morgan fingerprint density at radius 1 is 1.22 bits per heavy atom. The van der Waals surface area contributed by atoms with E-state index in [9.17, 15) is 8.42 Å². The molecule has 0 bridgehead atoms. The Bertz CT molecular complexity index is 851. The third-order valence-electron chi connectivity index (χ3n) is 4.70. The van der Waals surface area contributed by atoms with Crippen LogP contribution >= 0.6 is 0 Å². The lowest BCUT2D eigenvalue weighted by Crippen LogP contribution is -2.39. The summed E-state index contributed by atoms with van der Waals surface area (Å²) in [7, 11) is -3.61. The number of nitrogens with one attached hydrogen (secondary N) is 1. The highest BCUT2D eigenvalue weighted by molar-refractivity contribution is 7.89. The molecule has 1 saturated heterocycles. The maximum atomic E-state index is 12.8. The van der Waals surface area contributed by atoms with E-state index in [4.69, 9.17) is 4.74 Å². The summed E-state index contributed by atoms with van der Waals surface area (Å²) < 4.78 is 33.8. The molecule has 1 aliphatic heterocycles. The zero-order valence-electron chi connectivity index (χ0n) is 15.8. The van der Waals surface area contributed by atoms with Gasteiger partial charge in [-0.25, -0.2) is 23.1 Å². The SMILES string of the molecule is CCOc1ccc(C)cc1S(=O)(=O)NCC1CCN(c2ncccn2)CC1. The van der Waals surface area contributed by atoms with E-state index in [2.05, 4.69) is 19.6 Å². The Kier molecular flexibility index (Phi) is 6.28. The number of nitrogens with zero attached hydrogens (tertiary/aromatic N) is 3. The predicted molar refractivity (Wildman–Crippen MR) is 105 cm³/mol.